The molecule has 4 unspecified atom stereocenters. The number of halogens is 2. The highest BCUT2D eigenvalue weighted by Crippen LogP contribution is 2.39. The topological polar surface area (TPSA) is 121 Å². The van der Waals surface area contributed by atoms with E-state index in [0.29, 0.717) is 30.6 Å². The minimum Gasteiger partial charge on any atom is -0.393 e. The number of hydrogen-bond donors (Lipinski definition) is 4. The van der Waals surface area contributed by atoms with Crippen LogP contribution >= 0.6 is 0 Å². The molecule has 198 valence electrons. The van der Waals surface area contributed by atoms with Crippen LogP contribution in [0.2, 0.25) is 0 Å². The zero-order valence-corrected chi connectivity index (χ0v) is 21.5. The first kappa shape index (κ1) is 26.7. The molecule has 4 N–H and O–H groups in total. The summed E-state index contributed by atoms with van der Waals surface area (Å²) in [6, 6.07) is 2.59. The van der Waals surface area contributed by atoms with Gasteiger partial charge in [0.1, 0.15) is 10.6 Å². The number of hydrogen-bond acceptors (Lipinski definition) is 5. The molecule has 1 aliphatic carbocycles. The Bertz CT molecular complexity index is 1270. The molecule has 1 aromatic carbocycles. The quantitative estimate of drug-likeness (QED) is 0.422. The molecular formula is C25H33F2N3O5S. The maximum atomic E-state index is 13.7. The number of aromatic nitrogens is 1. The highest BCUT2D eigenvalue weighted by molar-refractivity contribution is 7.89. The number of aliphatic hydroxyl groups excluding tert-OH is 1. The zero-order chi connectivity index (χ0) is 26.4. The van der Waals surface area contributed by atoms with Crippen molar-refractivity contribution < 1.29 is 32.2 Å². The number of fused-ring (bicyclic) bond motifs is 1. The Morgan fingerprint density at radius 1 is 1.25 bits per heavy atom. The van der Waals surface area contributed by atoms with Gasteiger partial charge in [0.15, 0.2) is 11.6 Å². The first-order valence-corrected chi connectivity index (χ1v) is 13.7. The van der Waals surface area contributed by atoms with E-state index >= 15 is 0 Å². The summed E-state index contributed by atoms with van der Waals surface area (Å²) in [5, 5.41) is 22.4. The lowest BCUT2D eigenvalue weighted by atomic mass is 9.88. The van der Waals surface area contributed by atoms with Gasteiger partial charge >= 0.3 is 0 Å². The minimum absolute atomic E-state index is 0.0337. The maximum Gasteiger partial charge on any atom is 0.272 e. The van der Waals surface area contributed by atoms with Crippen molar-refractivity contribution in [3.8, 4) is 0 Å². The Labute approximate surface area is 209 Å². The van der Waals surface area contributed by atoms with E-state index in [1.54, 1.807) is 11.5 Å². The molecule has 2 aliphatic rings. The average Bonchev–Trinajstić information content (AvgIpc) is 3.45. The number of rotatable bonds is 8. The fourth-order valence-corrected chi connectivity index (χ4v) is 7.63. The number of aliphatic hydroxyl groups is 2. The molecule has 0 bridgehead atoms. The molecular weight excluding hydrogens is 492 g/mol. The molecule has 2 aromatic rings. The monoisotopic (exact) mass is 525 g/mol. The van der Waals surface area contributed by atoms with E-state index in [2.05, 4.69) is 10.0 Å². The number of anilines is 1. The molecule has 1 fully saturated rings. The number of carbonyl (C=O) groups excluding carboxylic acids is 1. The molecule has 4 atom stereocenters. The highest BCUT2D eigenvalue weighted by atomic mass is 32.2. The summed E-state index contributed by atoms with van der Waals surface area (Å²) in [6.45, 7) is 5.11. The number of benzene rings is 1. The SMILES string of the molecule is Cc1c(S(=O)(=O)NC2C(C)CCC2CC(C)(O)CO)c2n(c1C(=O)Nc1ccc(F)c(F)c1)CCC2. The van der Waals surface area contributed by atoms with Crippen molar-refractivity contribution in [3.63, 3.8) is 0 Å². The number of amides is 1. The van der Waals surface area contributed by atoms with E-state index in [-0.39, 0.29) is 34.5 Å². The van der Waals surface area contributed by atoms with E-state index < -0.39 is 45.8 Å². The Morgan fingerprint density at radius 3 is 2.64 bits per heavy atom. The Morgan fingerprint density at radius 2 is 1.97 bits per heavy atom. The van der Waals surface area contributed by atoms with Crippen LogP contribution in [0.1, 0.15) is 61.3 Å². The van der Waals surface area contributed by atoms with Gasteiger partial charge in [0.2, 0.25) is 10.0 Å². The lowest BCUT2D eigenvalue weighted by molar-refractivity contribution is -0.0194. The predicted octanol–water partition coefficient (Wildman–Crippen LogP) is 3.10. The molecule has 1 amide bonds. The first-order chi connectivity index (χ1) is 16.8. The van der Waals surface area contributed by atoms with Crippen LogP contribution in [0.25, 0.3) is 0 Å². The van der Waals surface area contributed by atoms with Crippen LogP contribution in [0.3, 0.4) is 0 Å². The fourth-order valence-electron chi connectivity index (χ4n) is 5.71. The summed E-state index contributed by atoms with van der Waals surface area (Å²) >= 11 is 0. The van der Waals surface area contributed by atoms with Gasteiger partial charge in [-0.25, -0.2) is 21.9 Å². The number of sulfonamides is 1. The van der Waals surface area contributed by atoms with Crippen LogP contribution in [0.15, 0.2) is 23.1 Å². The van der Waals surface area contributed by atoms with Crippen molar-refractivity contribution in [2.75, 3.05) is 11.9 Å². The third kappa shape index (κ3) is 5.06. The van der Waals surface area contributed by atoms with Crippen molar-refractivity contribution in [1.29, 1.82) is 0 Å². The van der Waals surface area contributed by atoms with Crippen LogP contribution in [-0.2, 0) is 23.0 Å². The molecule has 11 heteroatoms. The number of carbonyl (C=O) groups is 1. The normalized spacial score (nSPS) is 23.5. The third-order valence-corrected chi connectivity index (χ3v) is 9.12. The van der Waals surface area contributed by atoms with Crippen molar-refractivity contribution >= 4 is 21.6 Å². The number of nitrogens with zero attached hydrogens (tertiary/aromatic N) is 1. The molecule has 1 saturated carbocycles. The van der Waals surface area contributed by atoms with Crippen LogP contribution in [-0.4, -0.2) is 47.4 Å². The molecule has 2 heterocycles. The van der Waals surface area contributed by atoms with E-state index in [1.807, 2.05) is 6.92 Å². The van der Waals surface area contributed by atoms with Crippen molar-refractivity contribution in [2.45, 2.75) is 76.0 Å². The smallest absolute Gasteiger partial charge is 0.272 e. The molecule has 1 aromatic heterocycles. The van der Waals surface area contributed by atoms with E-state index in [4.69, 9.17) is 0 Å². The van der Waals surface area contributed by atoms with E-state index in [9.17, 15) is 32.2 Å². The molecule has 36 heavy (non-hydrogen) atoms. The summed E-state index contributed by atoms with van der Waals surface area (Å²) in [4.78, 5) is 13.2. The van der Waals surface area contributed by atoms with Gasteiger partial charge in [-0.2, -0.15) is 0 Å². The standard InChI is InChI=1S/C25H33F2N3O5S/c1-14-6-7-16(12-25(3,33)13-31)21(14)29-36(34,35)23-15(2)22(30-10-4-5-20(23)30)24(32)28-17-8-9-18(26)19(27)11-17/h8-9,11,14,16,21,29,31,33H,4-7,10,12-13H2,1-3H3,(H,28,32). The second kappa shape index (κ2) is 9.85. The lowest BCUT2D eigenvalue weighted by Gasteiger charge is -2.30. The van der Waals surface area contributed by atoms with Crippen LogP contribution in [0.4, 0.5) is 14.5 Å². The number of nitrogens with one attached hydrogen (secondary N) is 2. The summed E-state index contributed by atoms with van der Waals surface area (Å²) in [6.07, 6.45) is 2.92. The molecule has 0 saturated heterocycles. The average molecular weight is 526 g/mol. The molecule has 0 spiro atoms. The van der Waals surface area contributed by atoms with Crippen LogP contribution < -0.4 is 10.0 Å². The Balaban J connectivity index is 1.65. The molecule has 4 rings (SSSR count). The molecule has 8 nitrogen and oxygen atoms in total. The van der Waals surface area contributed by atoms with E-state index in [1.165, 1.54) is 13.0 Å². The van der Waals surface area contributed by atoms with Gasteiger partial charge in [-0.1, -0.05) is 6.92 Å². The maximum absolute atomic E-state index is 13.7. The Kier molecular flexibility index (Phi) is 7.31. The van der Waals surface area contributed by atoms with Crippen molar-refractivity contribution in [2.24, 2.45) is 11.8 Å². The predicted molar refractivity (Wildman–Crippen MR) is 130 cm³/mol. The Hall–Kier alpha value is -2.34. The van der Waals surface area contributed by atoms with Crippen LogP contribution in [0.5, 0.6) is 0 Å². The summed E-state index contributed by atoms with van der Waals surface area (Å²) in [7, 11) is -4.03. The van der Waals surface area contributed by atoms with E-state index in [0.717, 1.165) is 25.0 Å². The lowest BCUT2D eigenvalue weighted by Crippen LogP contribution is -2.44. The second-order valence-corrected chi connectivity index (χ2v) is 12.1. The minimum atomic E-state index is -4.03. The largest absolute Gasteiger partial charge is 0.393 e. The van der Waals surface area contributed by atoms with Gasteiger partial charge in [-0.05, 0) is 69.9 Å². The third-order valence-electron chi connectivity index (χ3n) is 7.46. The van der Waals surface area contributed by atoms with Gasteiger partial charge in [0.05, 0.1) is 12.2 Å². The van der Waals surface area contributed by atoms with Gasteiger partial charge in [0.25, 0.3) is 5.91 Å². The van der Waals surface area contributed by atoms with Gasteiger partial charge < -0.3 is 20.1 Å². The molecule has 1 aliphatic heterocycles. The summed E-state index contributed by atoms with van der Waals surface area (Å²) in [5.41, 5.74) is -0.238. The van der Waals surface area contributed by atoms with Crippen LogP contribution in [0, 0.1) is 30.4 Å². The van der Waals surface area contributed by atoms with Gasteiger partial charge in [-0.3, -0.25) is 4.79 Å². The fraction of sp³-hybridized carbons (Fsp3) is 0.560. The van der Waals surface area contributed by atoms with Crippen molar-refractivity contribution in [1.82, 2.24) is 9.29 Å². The highest BCUT2D eigenvalue weighted by Gasteiger charge is 2.42. The van der Waals surface area contributed by atoms with Gasteiger partial charge in [-0.15, -0.1) is 0 Å². The first-order valence-electron chi connectivity index (χ1n) is 12.2. The molecule has 0 radical (unpaired) electrons. The van der Waals surface area contributed by atoms with Crippen molar-refractivity contribution in [3.05, 3.63) is 46.8 Å². The zero-order valence-electron chi connectivity index (χ0n) is 20.6. The summed E-state index contributed by atoms with van der Waals surface area (Å²) < 4.78 is 58.9. The second-order valence-electron chi connectivity index (χ2n) is 10.4. The van der Waals surface area contributed by atoms with Gasteiger partial charge in [0, 0.05) is 35.6 Å². The summed E-state index contributed by atoms with van der Waals surface area (Å²) in [5.74, 6) is -2.85.